The summed E-state index contributed by atoms with van der Waals surface area (Å²) < 4.78 is 32.6. The van der Waals surface area contributed by atoms with Gasteiger partial charge in [-0.3, -0.25) is 23.4 Å². The van der Waals surface area contributed by atoms with Gasteiger partial charge in [0.25, 0.3) is 0 Å². The minimum absolute atomic E-state index is 0.144. The quantitative estimate of drug-likeness (QED) is 0.0235. The zero-order valence-electron chi connectivity index (χ0n) is 33.6. The summed E-state index contributed by atoms with van der Waals surface area (Å²) in [6.07, 6.45) is 40.3. The highest BCUT2D eigenvalue weighted by molar-refractivity contribution is 7.47. The molecule has 0 aliphatic rings. The SMILES string of the molecule is CCCCCC=CCC=CCC=CCCCCCCC(=O)OCC(COP(=O)(O)OCC(N)C(=O)O)OC(=O)CCCCCCCC=CCCCCCC. The highest BCUT2D eigenvalue weighted by Crippen LogP contribution is 2.43. The third-order valence-corrected chi connectivity index (χ3v) is 9.50. The van der Waals surface area contributed by atoms with E-state index in [1.807, 2.05) is 0 Å². The van der Waals surface area contributed by atoms with Crippen LogP contribution in [0, 0.1) is 0 Å². The van der Waals surface area contributed by atoms with Crippen LogP contribution >= 0.6 is 7.82 Å². The maximum atomic E-state index is 12.6. The van der Waals surface area contributed by atoms with Gasteiger partial charge >= 0.3 is 25.7 Å². The monoisotopic (exact) mass is 784 g/mol. The van der Waals surface area contributed by atoms with Crippen molar-refractivity contribution in [3.8, 4) is 0 Å². The Bertz CT molecular complexity index is 1110. The first-order valence-electron chi connectivity index (χ1n) is 20.7. The molecule has 12 heteroatoms. The average Bonchev–Trinajstić information content (AvgIpc) is 3.14. The Kier molecular flexibility index (Phi) is 35.6. The van der Waals surface area contributed by atoms with E-state index in [0.29, 0.717) is 12.8 Å². The number of allylic oxidation sites excluding steroid dienone is 8. The van der Waals surface area contributed by atoms with E-state index in [0.717, 1.165) is 83.5 Å². The lowest BCUT2D eigenvalue weighted by molar-refractivity contribution is -0.161. The predicted molar refractivity (Wildman–Crippen MR) is 217 cm³/mol. The number of esters is 2. The molecular formula is C42H74NO10P. The van der Waals surface area contributed by atoms with Crippen LogP contribution in [0.15, 0.2) is 48.6 Å². The van der Waals surface area contributed by atoms with Gasteiger partial charge in [-0.15, -0.1) is 0 Å². The number of unbranched alkanes of at least 4 members (excludes halogenated alkanes) is 16. The lowest BCUT2D eigenvalue weighted by Crippen LogP contribution is -2.34. The van der Waals surface area contributed by atoms with Gasteiger partial charge in [-0.2, -0.15) is 0 Å². The van der Waals surface area contributed by atoms with Crippen LogP contribution in [0.25, 0.3) is 0 Å². The van der Waals surface area contributed by atoms with Crippen molar-refractivity contribution in [1.82, 2.24) is 0 Å². The molecule has 11 nitrogen and oxygen atoms in total. The molecule has 0 amide bonds. The second kappa shape index (κ2) is 37.4. The number of phosphoric ester groups is 1. The standard InChI is InChI=1S/C42H74NO10P/c1-3-5-7-9-11-13-15-17-18-19-20-22-23-25-27-29-31-33-40(44)50-35-38(36-51-54(48,49)52-37-39(43)42(46)47)53-41(45)34-32-30-28-26-24-21-16-14-12-10-8-6-4-2/h11,13-14,16-18,20,22,38-39H,3-10,12,15,19,21,23-37,43H2,1-2H3,(H,46,47)(H,48,49). The van der Waals surface area contributed by atoms with Crippen molar-refractivity contribution in [2.45, 2.75) is 180 Å². The number of aliphatic carboxylic acids is 1. The van der Waals surface area contributed by atoms with Crippen LogP contribution in [0.5, 0.6) is 0 Å². The molecule has 0 radical (unpaired) electrons. The average molecular weight is 784 g/mol. The van der Waals surface area contributed by atoms with Gasteiger partial charge in [0.15, 0.2) is 6.10 Å². The third-order valence-electron chi connectivity index (χ3n) is 8.55. The molecule has 54 heavy (non-hydrogen) atoms. The van der Waals surface area contributed by atoms with Gasteiger partial charge in [-0.1, -0.05) is 127 Å². The zero-order valence-corrected chi connectivity index (χ0v) is 34.4. The molecule has 4 N–H and O–H groups in total. The summed E-state index contributed by atoms with van der Waals surface area (Å²) >= 11 is 0. The van der Waals surface area contributed by atoms with Crippen LogP contribution in [0.4, 0.5) is 0 Å². The van der Waals surface area contributed by atoms with Crippen LogP contribution in [-0.4, -0.2) is 59.9 Å². The summed E-state index contributed by atoms with van der Waals surface area (Å²) in [5.74, 6) is -2.42. The van der Waals surface area contributed by atoms with E-state index in [4.69, 9.17) is 24.8 Å². The third kappa shape index (κ3) is 36.4. The van der Waals surface area contributed by atoms with E-state index in [1.54, 1.807) is 0 Å². The van der Waals surface area contributed by atoms with E-state index in [1.165, 1.54) is 44.9 Å². The highest BCUT2D eigenvalue weighted by Gasteiger charge is 2.28. The molecule has 0 aromatic heterocycles. The van der Waals surface area contributed by atoms with Crippen molar-refractivity contribution in [2.24, 2.45) is 5.73 Å². The van der Waals surface area contributed by atoms with E-state index in [-0.39, 0.29) is 19.4 Å². The first-order chi connectivity index (χ1) is 26.1. The van der Waals surface area contributed by atoms with Gasteiger partial charge in [0, 0.05) is 12.8 Å². The Morgan fingerprint density at radius 1 is 0.574 bits per heavy atom. The maximum absolute atomic E-state index is 12.6. The van der Waals surface area contributed by atoms with Gasteiger partial charge in [0.2, 0.25) is 0 Å². The number of phosphoric acid groups is 1. The van der Waals surface area contributed by atoms with Crippen molar-refractivity contribution in [2.75, 3.05) is 19.8 Å². The molecule has 0 aromatic carbocycles. The van der Waals surface area contributed by atoms with E-state index < -0.39 is 51.1 Å². The normalized spacial score (nSPS) is 14.3. The predicted octanol–water partition coefficient (Wildman–Crippen LogP) is 10.6. The molecule has 0 spiro atoms. The van der Waals surface area contributed by atoms with Gasteiger partial charge in [-0.05, 0) is 77.0 Å². The molecule has 3 atom stereocenters. The summed E-state index contributed by atoms with van der Waals surface area (Å²) in [5.41, 5.74) is 5.32. The van der Waals surface area contributed by atoms with E-state index >= 15 is 0 Å². The fourth-order valence-corrected chi connectivity index (χ4v) is 6.02. The van der Waals surface area contributed by atoms with E-state index in [9.17, 15) is 23.8 Å². The Hall–Kier alpha value is -2.56. The van der Waals surface area contributed by atoms with Crippen molar-refractivity contribution in [1.29, 1.82) is 0 Å². The number of rotatable bonds is 38. The molecule has 0 aliphatic carbocycles. The van der Waals surface area contributed by atoms with Crippen molar-refractivity contribution >= 4 is 25.7 Å². The molecule has 0 saturated heterocycles. The summed E-state index contributed by atoms with van der Waals surface area (Å²) in [7, 11) is -4.72. The first kappa shape index (κ1) is 51.4. The number of carboxylic acid groups (broad SMARTS) is 1. The highest BCUT2D eigenvalue weighted by atomic mass is 31.2. The van der Waals surface area contributed by atoms with Gasteiger partial charge in [0.1, 0.15) is 12.6 Å². The molecule has 0 aliphatic heterocycles. The second-order valence-electron chi connectivity index (χ2n) is 13.8. The zero-order chi connectivity index (χ0) is 40.0. The minimum atomic E-state index is -4.72. The molecule has 0 heterocycles. The number of carbonyl (C=O) groups is 3. The number of carbonyl (C=O) groups excluding carboxylic acids is 2. The lowest BCUT2D eigenvalue weighted by atomic mass is 10.1. The topological polar surface area (TPSA) is 172 Å². The van der Waals surface area contributed by atoms with Gasteiger partial charge in [-0.25, -0.2) is 4.57 Å². The fourth-order valence-electron chi connectivity index (χ4n) is 5.24. The fraction of sp³-hybridized carbons (Fsp3) is 0.738. The summed E-state index contributed by atoms with van der Waals surface area (Å²) in [4.78, 5) is 45.8. The van der Waals surface area contributed by atoms with Crippen molar-refractivity contribution in [3.05, 3.63) is 48.6 Å². The first-order valence-corrected chi connectivity index (χ1v) is 22.2. The van der Waals surface area contributed by atoms with Gasteiger partial charge in [0.05, 0.1) is 13.2 Å². The molecule has 312 valence electrons. The Labute approximate surface area is 326 Å². The Morgan fingerprint density at radius 2 is 0.981 bits per heavy atom. The Balaban J connectivity index is 4.45. The molecule has 0 fully saturated rings. The number of nitrogens with two attached hydrogens (primary N) is 1. The summed E-state index contributed by atoms with van der Waals surface area (Å²) in [5, 5.41) is 8.87. The molecule has 0 aromatic rings. The summed E-state index contributed by atoms with van der Waals surface area (Å²) in [6.45, 7) is 2.71. The maximum Gasteiger partial charge on any atom is 0.472 e. The molecule has 0 saturated carbocycles. The number of carboxylic acids is 1. The van der Waals surface area contributed by atoms with Crippen molar-refractivity contribution < 1.29 is 47.5 Å². The lowest BCUT2D eigenvalue weighted by Gasteiger charge is -2.20. The van der Waals surface area contributed by atoms with Crippen LogP contribution in [0.2, 0.25) is 0 Å². The molecule has 3 unspecified atom stereocenters. The smallest absolute Gasteiger partial charge is 0.472 e. The van der Waals surface area contributed by atoms with Crippen molar-refractivity contribution in [3.63, 3.8) is 0 Å². The van der Waals surface area contributed by atoms with Crippen LogP contribution < -0.4 is 5.73 Å². The van der Waals surface area contributed by atoms with E-state index in [2.05, 4.69) is 67.0 Å². The van der Waals surface area contributed by atoms with Gasteiger partial charge < -0.3 is 25.2 Å². The Morgan fingerprint density at radius 3 is 1.52 bits per heavy atom. The number of hydrogen-bond donors (Lipinski definition) is 3. The molecule has 0 bridgehead atoms. The largest absolute Gasteiger partial charge is 0.480 e. The summed E-state index contributed by atoms with van der Waals surface area (Å²) in [6, 6.07) is -1.53. The number of ether oxygens (including phenoxy) is 2. The van der Waals surface area contributed by atoms with Crippen LogP contribution in [0.3, 0.4) is 0 Å². The van der Waals surface area contributed by atoms with Crippen LogP contribution in [0.1, 0.15) is 168 Å². The molecular weight excluding hydrogens is 709 g/mol. The number of hydrogen-bond acceptors (Lipinski definition) is 9. The van der Waals surface area contributed by atoms with Crippen LogP contribution in [-0.2, 0) is 37.5 Å². The second-order valence-corrected chi connectivity index (χ2v) is 15.2. The molecule has 0 rings (SSSR count). The minimum Gasteiger partial charge on any atom is -0.480 e.